The Balaban J connectivity index is 1.88. The van der Waals surface area contributed by atoms with Gasteiger partial charge >= 0.3 is 0 Å². The third-order valence-corrected chi connectivity index (χ3v) is 4.23. The van der Waals surface area contributed by atoms with Crippen molar-refractivity contribution in [3.8, 4) is 16.9 Å². The molecule has 0 saturated carbocycles. The molecule has 128 valence electrons. The second kappa shape index (κ2) is 7.21. The fourth-order valence-electron chi connectivity index (χ4n) is 2.31. The van der Waals surface area contributed by atoms with Gasteiger partial charge in [-0.3, -0.25) is 4.98 Å². The van der Waals surface area contributed by atoms with Crippen LogP contribution in [0.3, 0.4) is 0 Å². The zero-order valence-corrected chi connectivity index (χ0v) is 14.6. The highest BCUT2D eigenvalue weighted by Crippen LogP contribution is 2.35. The number of hydrogen-bond donors (Lipinski definition) is 1. The molecule has 0 unspecified atom stereocenters. The van der Waals surface area contributed by atoms with Crippen molar-refractivity contribution in [1.82, 2.24) is 15.0 Å². The Hall–Kier alpha value is -2.44. The Morgan fingerprint density at radius 1 is 1.08 bits per heavy atom. The molecular weight excluding hydrogens is 366 g/mol. The summed E-state index contributed by atoms with van der Waals surface area (Å²) in [6.07, 6.45) is 5.79. The largest absolute Gasteiger partial charge is 0.484 e. The first-order valence-corrected chi connectivity index (χ1v) is 8.04. The predicted molar refractivity (Wildman–Crippen MR) is 95.1 cm³/mol. The molecule has 1 aromatic carbocycles. The van der Waals surface area contributed by atoms with E-state index in [1.165, 1.54) is 12.1 Å². The second-order valence-electron chi connectivity index (χ2n) is 5.26. The van der Waals surface area contributed by atoms with Gasteiger partial charge in [-0.15, -0.1) is 0 Å². The number of halogens is 3. The van der Waals surface area contributed by atoms with Gasteiger partial charge in [0, 0.05) is 40.3 Å². The molecule has 0 aliphatic carbocycles. The quantitative estimate of drug-likeness (QED) is 0.665. The summed E-state index contributed by atoms with van der Waals surface area (Å²) in [4.78, 5) is 12.0. The Kier molecular flexibility index (Phi) is 5.01. The first-order valence-electron chi connectivity index (χ1n) is 7.28. The molecule has 3 aromatic rings. The first kappa shape index (κ1) is 17.4. The number of anilines is 1. The summed E-state index contributed by atoms with van der Waals surface area (Å²) in [5.74, 6) is 0.105. The SMILES string of the molecule is C[C@H](Oc1cncc(-c2cnc(N)nc2)c1)c1c(Cl)ccc(F)c1Cl. The van der Waals surface area contributed by atoms with Gasteiger partial charge in [0.2, 0.25) is 5.95 Å². The lowest BCUT2D eigenvalue weighted by Crippen LogP contribution is -2.06. The summed E-state index contributed by atoms with van der Waals surface area (Å²) < 4.78 is 19.5. The predicted octanol–water partition coefficient (Wildman–Crippen LogP) is 4.71. The van der Waals surface area contributed by atoms with E-state index in [2.05, 4.69) is 15.0 Å². The molecule has 0 aliphatic rings. The van der Waals surface area contributed by atoms with Crippen molar-refractivity contribution in [2.75, 3.05) is 5.73 Å². The molecule has 0 radical (unpaired) electrons. The van der Waals surface area contributed by atoms with Crippen LogP contribution in [0.2, 0.25) is 10.0 Å². The normalized spacial score (nSPS) is 12.0. The van der Waals surface area contributed by atoms with Crippen LogP contribution < -0.4 is 10.5 Å². The van der Waals surface area contributed by atoms with Crippen LogP contribution in [0.5, 0.6) is 5.75 Å². The van der Waals surface area contributed by atoms with Crippen LogP contribution in [0, 0.1) is 5.82 Å². The highest BCUT2D eigenvalue weighted by Gasteiger charge is 2.19. The fraction of sp³-hybridized carbons (Fsp3) is 0.118. The summed E-state index contributed by atoms with van der Waals surface area (Å²) in [5.41, 5.74) is 7.36. The van der Waals surface area contributed by atoms with Crippen molar-refractivity contribution in [2.24, 2.45) is 0 Å². The highest BCUT2D eigenvalue weighted by atomic mass is 35.5. The average molecular weight is 379 g/mol. The van der Waals surface area contributed by atoms with Crippen LogP contribution in [0.15, 0.2) is 43.0 Å². The number of pyridine rings is 1. The van der Waals surface area contributed by atoms with E-state index in [0.717, 1.165) is 11.1 Å². The highest BCUT2D eigenvalue weighted by molar-refractivity contribution is 6.36. The van der Waals surface area contributed by atoms with Crippen LogP contribution in [0.25, 0.3) is 11.1 Å². The molecule has 0 amide bonds. The van der Waals surface area contributed by atoms with Gasteiger partial charge in [-0.1, -0.05) is 23.2 Å². The van der Waals surface area contributed by atoms with Gasteiger partial charge in [-0.25, -0.2) is 14.4 Å². The van der Waals surface area contributed by atoms with Gasteiger partial charge in [0.15, 0.2) is 0 Å². The van der Waals surface area contributed by atoms with Crippen LogP contribution in [-0.2, 0) is 0 Å². The van der Waals surface area contributed by atoms with E-state index in [0.29, 0.717) is 16.3 Å². The molecule has 0 aliphatic heterocycles. The molecule has 2 heterocycles. The summed E-state index contributed by atoms with van der Waals surface area (Å²) in [7, 11) is 0. The monoisotopic (exact) mass is 378 g/mol. The Morgan fingerprint density at radius 2 is 1.80 bits per heavy atom. The van der Waals surface area contributed by atoms with Crippen molar-refractivity contribution in [1.29, 1.82) is 0 Å². The Labute approximate surface area is 153 Å². The van der Waals surface area contributed by atoms with E-state index in [1.807, 2.05) is 0 Å². The van der Waals surface area contributed by atoms with Gasteiger partial charge in [-0.2, -0.15) is 0 Å². The summed E-state index contributed by atoms with van der Waals surface area (Å²) in [5, 5.41) is 0.269. The van der Waals surface area contributed by atoms with E-state index >= 15 is 0 Å². The van der Waals surface area contributed by atoms with E-state index in [9.17, 15) is 4.39 Å². The maximum absolute atomic E-state index is 13.7. The van der Waals surface area contributed by atoms with Crippen molar-refractivity contribution < 1.29 is 9.13 Å². The molecule has 2 N–H and O–H groups in total. The lowest BCUT2D eigenvalue weighted by Gasteiger charge is -2.18. The van der Waals surface area contributed by atoms with E-state index in [-0.39, 0.29) is 11.0 Å². The minimum Gasteiger partial charge on any atom is -0.484 e. The van der Waals surface area contributed by atoms with Crippen LogP contribution in [0.1, 0.15) is 18.6 Å². The van der Waals surface area contributed by atoms with Gasteiger partial charge < -0.3 is 10.5 Å². The Bertz CT molecular complexity index is 906. The number of rotatable bonds is 4. The zero-order chi connectivity index (χ0) is 18.0. The summed E-state index contributed by atoms with van der Waals surface area (Å²) in [6.45, 7) is 1.73. The summed E-state index contributed by atoms with van der Waals surface area (Å²) >= 11 is 12.1. The minimum absolute atomic E-state index is 0.0592. The topological polar surface area (TPSA) is 73.9 Å². The van der Waals surface area contributed by atoms with Gasteiger partial charge in [-0.05, 0) is 25.1 Å². The van der Waals surface area contributed by atoms with E-state index in [4.69, 9.17) is 33.7 Å². The van der Waals surface area contributed by atoms with Crippen molar-refractivity contribution in [2.45, 2.75) is 13.0 Å². The number of ether oxygens (including phenoxy) is 1. The van der Waals surface area contributed by atoms with Crippen molar-refractivity contribution >= 4 is 29.2 Å². The average Bonchev–Trinajstić information content (AvgIpc) is 2.59. The zero-order valence-electron chi connectivity index (χ0n) is 13.1. The molecular formula is C17H13Cl2FN4O. The molecule has 3 rings (SSSR count). The maximum atomic E-state index is 13.7. The smallest absolute Gasteiger partial charge is 0.219 e. The molecule has 1 atom stereocenters. The number of hydrogen-bond acceptors (Lipinski definition) is 5. The first-order chi connectivity index (χ1) is 12.0. The number of nitrogens with zero attached hydrogens (tertiary/aromatic N) is 3. The fourth-order valence-corrected chi connectivity index (χ4v) is 2.98. The van der Waals surface area contributed by atoms with Crippen LogP contribution >= 0.6 is 23.2 Å². The molecule has 0 spiro atoms. The minimum atomic E-state index is -0.574. The molecule has 8 heteroatoms. The number of aromatic nitrogens is 3. The number of nitrogens with two attached hydrogens (primary N) is 1. The molecule has 5 nitrogen and oxygen atoms in total. The van der Waals surface area contributed by atoms with Crippen molar-refractivity contribution in [3.05, 3.63) is 64.4 Å². The second-order valence-corrected chi connectivity index (χ2v) is 6.04. The number of nitrogen functional groups attached to an aromatic ring is 1. The lowest BCUT2D eigenvalue weighted by molar-refractivity contribution is 0.226. The molecule has 0 fully saturated rings. The Morgan fingerprint density at radius 3 is 2.52 bits per heavy atom. The van der Waals surface area contributed by atoms with Gasteiger partial charge in [0.1, 0.15) is 17.7 Å². The van der Waals surface area contributed by atoms with Crippen LogP contribution in [-0.4, -0.2) is 15.0 Å². The molecule has 2 aromatic heterocycles. The molecule has 0 bridgehead atoms. The third kappa shape index (κ3) is 3.81. The molecule has 25 heavy (non-hydrogen) atoms. The van der Waals surface area contributed by atoms with Gasteiger partial charge in [0.25, 0.3) is 0 Å². The van der Waals surface area contributed by atoms with Gasteiger partial charge in [0.05, 0.1) is 11.2 Å². The number of benzene rings is 1. The molecule has 0 saturated heterocycles. The van der Waals surface area contributed by atoms with Crippen LogP contribution in [0.4, 0.5) is 10.3 Å². The standard InChI is InChI=1S/C17H13Cl2FN4O/c1-9(15-13(18)2-3-14(20)16(15)19)25-12-4-10(5-22-8-12)11-6-23-17(21)24-7-11/h2-9H,1H3,(H2,21,23,24)/t9-/m0/s1. The van der Waals surface area contributed by atoms with E-state index in [1.54, 1.807) is 37.8 Å². The summed E-state index contributed by atoms with van der Waals surface area (Å²) in [6, 6.07) is 4.42. The van der Waals surface area contributed by atoms with Crippen molar-refractivity contribution in [3.63, 3.8) is 0 Å². The third-order valence-electron chi connectivity index (χ3n) is 3.52. The van der Waals surface area contributed by atoms with E-state index < -0.39 is 11.9 Å². The maximum Gasteiger partial charge on any atom is 0.219 e. The lowest BCUT2D eigenvalue weighted by atomic mass is 10.1.